The van der Waals surface area contributed by atoms with Crippen LogP contribution in [0, 0.1) is 5.82 Å². The van der Waals surface area contributed by atoms with Crippen LogP contribution in [0.1, 0.15) is 5.82 Å². The molecule has 0 fully saturated rings. The van der Waals surface area contributed by atoms with Crippen LogP contribution in [0.15, 0.2) is 78.4 Å². The van der Waals surface area contributed by atoms with Crippen LogP contribution in [0.3, 0.4) is 0 Å². The minimum atomic E-state index is -3.94. The maximum atomic E-state index is 15.8. The molecule has 0 spiro atoms. The summed E-state index contributed by atoms with van der Waals surface area (Å²) in [6, 6.07) is 11.1. The van der Waals surface area contributed by atoms with Gasteiger partial charge in [0.15, 0.2) is 11.6 Å². The number of nitrogens with zero attached hydrogens (tertiary/aromatic N) is 7. The Hall–Kier alpha value is -4.82. The highest BCUT2D eigenvalue weighted by atomic mass is 32.2. The zero-order valence-electron chi connectivity index (χ0n) is 22.6. The van der Waals surface area contributed by atoms with E-state index in [0.29, 0.717) is 22.6 Å². The highest BCUT2D eigenvalue weighted by Crippen LogP contribution is 2.38. The van der Waals surface area contributed by atoms with Crippen molar-refractivity contribution in [3.8, 4) is 17.2 Å². The molecule has 14 heteroatoms. The number of fused-ring (bicyclic) bond motifs is 1. The third-order valence-electron chi connectivity index (χ3n) is 6.42. The van der Waals surface area contributed by atoms with Crippen LogP contribution in [0.25, 0.3) is 16.6 Å². The van der Waals surface area contributed by atoms with E-state index in [1.807, 2.05) is 0 Å². The fourth-order valence-electron chi connectivity index (χ4n) is 4.26. The molecule has 0 aliphatic heterocycles. The zero-order chi connectivity index (χ0) is 29.3. The summed E-state index contributed by atoms with van der Waals surface area (Å²) in [7, 11) is 1.61. The molecule has 0 saturated heterocycles. The molecule has 0 amide bonds. The van der Waals surface area contributed by atoms with Gasteiger partial charge in [0.25, 0.3) is 5.56 Å². The highest BCUT2D eigenvalue weighted by molar-refractivity contribution is 7.87. The molecule has 5 rings (SSSR count). The Balaban J connectivity index is 1.73. The molecule has 3 heterocycles. The molecule has 0 atom stereocenters. The van der Waals surface area contributed by atoms with Crippen molar-refractivity contribution in [1.29, 1.82) is 0 Å². The molecule has 2 aromatic carbocycles. The number of halogens is 1. The van der Waals surface area contributed by atoms with E-state index in [0.717, 1.165) is 8.28 Å². The molecule has 0 aliphatic rings. The summed E-state index contributed by atoms with van der Waals surface area (Å²) in [6.45, 7) is -0.197. The number of aromatic nitrogens is 5. The van der Waals surface area contributed by atoms with E-state index >= 15 is 4.39 Å². The molecule has 0 saturated carbocycles. The molecular weight excluding hydrogens is 553 g/mol. The molecule has 3 aromatic heterocycles. The molecule has 41 heavy (non-hydrogen) atoms. The predicted molar refractivity (Wildman–Crippen MR) is 151 cm³/mol. The van der Waals surface area contributed by atoms with E-state index in [4.69, 9.17) is 9.47 Å². The number of methoxy groups -OCH3 is 2. The molecule has 0 N–H and O–H groups in total. The van der Waals surface area contributed by atoms with E-state index in [2.05, 4.69) is 15.0 Å². The first kappa shape index (κ1) is 27.7. The average Bonchev–Trinajstić information content (AvgIpc) is 3.46. The van der Waals surface area contributed by atoms with E-state index in [1.54, 1.807) is 42.7 Å². The Kier molecular flexibility index (Phi) is 7.43. The van der Waals surface area contributed by atoms with Crippen LogP contribution in [-0.2, 0) is 16.8 Å². The first-order valence-corrected chi connectivity index (χ1v) is 13.6. The highest BCUT2D eigenvalue weighted by Gasteiger charge is 2.25. The first-order chi connectivity index (χ1) is 19.6. The molecule has 0 aliphatic carbocycles. The van der Waals surface area contributed by atoms with Gasteiger partial charge in [-0.25, -0.2) is 18.3 Å². The summed E-state index contributed by atoms with van der Waals surface area (Å²) in [5, 5.41) is 0.256. The number of pyridine rings is 1. The lowest BCUT2D eigenvalue weighted by atomic mass is 10.1. The third kappa shape index (κ3) is 5.10. The quantitative estimate of drug-likeness (QED) is 0.259. The van der Waals surface area contributed by atoms with Crippen LogP contribution in [0.4, 0.5) is 15.8 Å². The lowest BCUT2D eigenvalue weighted by Gasteiger charge is -2.27. The Morgan fingerprint density at radius 2 is 1.73 bits per heavy atom. The second kappa shape index (κ2) is 11.0. The Labute approximate surface area is 235 Å². The standard InChI is InChI=1S/C27H26FN7O5S/c1-32(2)41(37,38)35-12-11-30-25(35)16-33(23-14-20(39-3)15-24(40-4)26(23)28)19-5-6-22-21(13-19)27(36)34(17-31-22)18-7-9-29-10-8-18/h5-15,17H,16H2,1-4H3. The van der Waals surface area contributed by atoms with Crippen LogP contribution < -0.4 is 19.9 Å². The number of ether oxygens (including phenoxy) is 2. The van der Waals surface area contributed by atoms with Crippen molar-refractivity contribution in [3.05, 3.63) is 95.6 Å². The minimum absolute atomic E-state index is 0.00991. The number of rotatable bonds is 9. The normalized spacial score (nSPS) is 11.7. The summed E-state index contributed by atoms with van der Waals surface area (Å²) in [4.78, 5) is 27.7. The van der Waals surface area contributed by atoms with Crippen molar-refractivity contribution >= 4 is 32.5 Å². The van der Waals surface area contributed by atoms with E-state index < -0.39 is 16.0 Å². The van der Waals surface area contributed by atoms with Crippen LogP contribution >= 0.6 is 0 Å². The minimum Gasteiger partial charge on any atom is -0.497 e. The largest absolute Gasteiger partial charge is 0.497 e. The lowest BCUT2D eigenvalue weighted by Crippen LogP contribution is -2.31. The van der Waals surface area contributed by atoms with E-state index in [-0.39, 0.29) is 34.8 Å². The molecule has 5 aromatic rings. The van der Waals surface area contributed by atoms with Crippen molar-refractivity contribution in [3.63, 3.8) is 0 Å². The molecule has 12 nitrogen and oxygen atoms in total. The Bertz CT molecular complexity index is 1890. The molecular formula is C27H26FN7O5S. The van der Waals surface area contributed by atoms with Gasteiger partial charge in [0.2, 0.25) is 0 Å². The van der Waals surface area contributed by atoms with Gasteiger partial charge in [0, 0.05) is 56.7 Å². The number of hydrogen-bond acceptors (Lipinski definition) is 9. The van der Waals surface area contributed by atoms with Gasteiger partial charge in [-0.1, -0.05) is 0 Å². The third-order valence-corrected chi connectivity index (χ3v) is 8.18. The van der Waals surface area contributed by atoms with Crippen molar-refractivity contribution in [2.24, 2.45) is 0 Å². The van der Waals surface area contributed by atoms with Gasteiger partial charge >= 0.3 is 10.2 Å². The molecule has 0 unspecified atom stereocenters. The van der Waals surface area contributed by atoms with Crippen molar-refractivity contribution in [2.75, 3.05) is 33.2 Å². The van der Waals surface area contributed by atoms with Crippen molar-refractivity contribution < 1.29 is 22.3 Å². The molecule has 0 radical (unpaired) electrons. The van der Waals surface area contributed by atoms with Gasteiger partial charge in [0.1, 0.15) is 17.9 Å². The number of imidazole rings is 1. The van der Waals surface area contributed by atoms with Gasteiger partial charge in [0.05, 0.1) is 43.0 Å². The maximum Gasteiger partial charge on any atom is 0.308 e. The summed E-state index contributed by atoms with van der Waals surface area (Å²) >= 11 is 0. The second-order valence-corrected chi connectivity index (χ2v) is 11.0. The van der Waals surface area contributed by atoms with Crippen LogP contribution in [-0.4, -0.2) is 64.5 Å². The zero-order valence-corrected chi connectivity index (χ0v) is 23.4. The Morgan fingerprint density at radius 3 is 2.41 bits per heavy atom. The average molecular weight is 580 g/mol. The van der Waals surface area contributed by atoms with Crippen LogP contribution in [0.2, 0.25) is 0 Å². The van der Waals surface area contributed by atoms with Gasteiger partial charge in [-0.05, 0) is 30.3 Å². The number of hydrogen-bond donors (Lipinski definition) is 0. The van der Waals surface area contributed by atoms with Crippen molar-refractivity contribution in [1.82, 2.24) is 27.8 Å². The molecule has 212 valence electrons. The monoisotopic (exact) mass is 579 g/mol. The summed E-state index contributed by atoms with van der Waals surface area (Å²) in [6.07, 6.45) is 7.20. The fraction of sp³-hybridized carbons (Fsp3) is 0.185. The first-order valence-electron chi connectivity index (χ1n) is 12.2. The van der Waals surface area contributed by atoms with Gasteiger partial charge < -0.3 is 14.4 Å². The predicted octanol–water partition coefficient (Wildman–Crippen LogP) is 3.13. The lowest BCUT2D eigenvalue weighted by molar-refractivity contribution is 0.374. The Morgan fingerprint density at radius 1 is 0.976 bits per heavy atom. The summed E-state index contributed by atoms with van der Waals surface area (Å²) < 4.78 is 55.9. The van der Waals surface area contributed by atoms with Gasteiger partial charge in [-0.15, -0.1) is 0 Å². The maximum absolute atomic E-state index is 15.8. The van der Waals surface area contributed by atoms with E-state index in [9.17, 15) is 13.2 Å². The van der Waals surface area contributed by atoms with E-state index in [1.165, 1.54) is 68.6 Å². The topological polar surface area (TPSA) is 125 Å². The SMILES string of the molecule is COc1cc(OC)c(F)c(N(Cc2nccn2S(=O)(=O)N(C)C)c2ccc3ncn(-c4ccncc4)c(=O)c3c2)c1. The fourth-order valence-corrected chi connectivity index (χ4v) is 5.20. The van der Waals surface area contributed by atoms with Gasteiger partial charge in [-0.3, -0.25) is 14.3 Å². The number of anilines is 2. The van der Waals surface area contributed by atoms with Crippen LogP contribution in [0.5, 0.6) is 11.5 Å². The second-order valence-electron chi connectivity index (χ2n) is 9.00. The summed E-state index contributed by atoms with van der Waals surface area (Å²) in [5.74, 6) is -0.408. The van der Waals surface area contributed by atoms with Crippen molar-refractivity contribution in [2.45, 2.75) is 6.54 Å². The molecule has 0 bridgehead atoms. The summed E-state index contributed by atoms with van der Waals surface area (Å²) in [5.41, 5.74) is 1.01. The van der Waals surface area contributed by atoms with Gasteiger partial charge in [-0.2, -0.15) is 12.7 Å². The smallest absolute Gasteiger partial charge is 0.308 e. The number of benzene rings is 2.